The number of carbonyl (C=O) groups is 2. The molecule has 1 aliphatic rings. The lowest BCUT2D eigenvalue weighted by Gasteiger charge is -2.41. The van der Waals surface area contributed by atoms with Crippen LogP contribution in [-0.2, 0) is 16.1 Å². The fourth-order valence-electron chi connectivity index (χ4n) is 2.59. The van der Waals surface area contributed by atoms with Crippen LogP contribution in [0.4, 0.5) is 0 Å². The van der Waals surface area contributed by atoms with Crippen LogP contribution in [0, 0.1) is 0 Å². The van der Waals surface area contributed by atoms with E-state index >= 15 is 0 Å². The highest BCUT2D eigenvalue weighted by molar-refractivity contribution is 5.97. The van der Waals surface area contributed by atoms with Crippen molar-refractivity contribution in [2.75, 3.05) is 6.54 Å². The van der Waals surface area contributed by atoms with Gasteiger partial charge < -0.3 is 15.3 Å². The molecule has 20 heavy (non-hydrogen) atoms. The van der Waals surface area contributed by atoms with Gasteiger partial charge in [-0.25, -0.2) is 0 Å². The number of amides is 2. The van der Waals surface area contributed by atoms with Gasteiger partial charge in [0.1, 0.15) is 11.3 Å². The molecule has 0 unspecified atom stereocenters. The van der Waals surface area contributed by atoms with Gasteiger partial charge in [0.25, 0.3) is 0 Å². The molecular formula is C15H20N2O3. The summed E-state index contributed by atoms with van der Waals surface area (Å²) >= 11 is 0. The maximum Gasteiger partial charge on any atom is 0.249 e. The van der Waals surface area contributed by atoms with Crippen LogP contribution in [0.5, 0.6) is 5.75 Å². The van der Waals surface area contributed by atoms with E-state index in [1.807, 2.05) is 13.8 Å². The van der Waals surface area contributed by atoms with Crippen molar-refractivity contribution in [3.05, 3.63) is 29.8 Å². The van der Waals surface area contributed by atoms with Gasteiger partial charge in [-0.1, -0.05) is 26.0 Å². The Morgan fingerprint density at radius 1 is 1.20 bits per heavy atom. The molecule has 0 aliphatic carbocycles. The molecule has 1 aromatic rings. The summed E-state index contributed by atoms with van der Waals surface area (Å²) in [6, 6.07) is 6.68. The predicted molar refractivity (Wildman–Crippen MR) is 75.0 cm³/mol. The summed E-state index contributed by atoms with van der Waals surface area (Å²) < 4.78 is 0. The molecule has 0 atom stereocenters. The molecule has 0 radical (unpaired) electrons. The number of hydrogen-bond donors (Lipinski definition) is 2. The standard InChI is InChI=1S/C15H20N2O3/c1-3-15(4-2)14(20)17(10-13(19)16-15)9-11-5-7-12(18)8-6-11/h5-8,18H,3-4,9-10H2,1-2H3,(H,16,19). The maximum absolute atomic E-state index is 12.6. The van der Waals surface area contributed by atoms with Crippen LogP contribution in [0.1, 0.15) is 32.3 Å². The minimum atomic E-state index is -0.772. The van der Waals surface area contributed by atoms with Gasteiger partial charge >= 0.3 is 0 Å². The number of hydrogen-bond acceptors (Lipinski definition) is 3. The number of piperazine rings is 1. The van der Waals surface area contributed by atoms with E-state index in [2.05, 4.69) is 5.32 Å². The Hall–Kier alpha value is -2.04. The molecule has 2 rings (SSSR count). The van der Waals surface area contributed by atoms with E-state index in [0.29, 0.717) is 19.4 Å². The largest absolute Gasteiger partial charge is 0.508 e. The molecule has 2 amide bonds. The van der Waals surface area contributed by atoms with E-state index in [1.54, 1.807) is 29.2 Å². The van der Waals surface area contributed by atoms with E-state index in [1.165, 1.54) is 0 Å². The first kappa shape index (κ1) is 14.4. The molecule has 5 nitrogen and oxygen atoms in total. The van der Waals surface area contributed by atoms with Gasteiger partial charge in [-0.15, -0.1) is 0 Å². The van der Waals surface area contributed by atoms with Crippen molar-refractivity contribution in [1.82, 2.24) is 10.2 Å². The lowest BCUT2D eigenvalue weighted by Crippen LogP contribution is -2.65. The van der Waals surface area contributed by atoms with Crippen molar-refractivity contribution in [1.29, 1.82) is 0 Å². The topological polar surface area (TPSA) is 69.6 Å². The molecule has 0 spiro atoms. The van der Waals surface area contributed by atoms with Gasteiger partial charge in [-0.3, -0.25) is 9.59 Å². The van der Waals surface area contributed by atoms with Crippen LogP contribution in [-0.4, -0.2) is 33.9 Å². The first-order chi connectivity index (χ1) is 9.50. The van der Waals surface area contributed by atoms with Crippen LogP contribution < -0.4 is 5.32 Å². The SMILES string of the molecule is CCC1(CC)NC(=O)CN(Cc2ccc(O)cc2)C1=O. The number of phenolic OH excluding ortho intramolecular Hbond substituents is 1. The molecule has 0 aromatic heterocycles. The predicted octanol–water partition coefficient (Wildman–Crippen LogP) is 1.41. The highest BCUT2D eigenvalue weighted by atomic mass is 16.3. The van der Waals surface area contributed by atoms with E-state index in [4.69, 9.17) is 0 Å². The number of nitrogens with zero attached hydrogens (tertiary/aromatic N) is 1. The van der Waals surface area contributed by atoms with Gasteiger partial charge in [-0.2, -0.15) is 0 Å². The van der Waals surface area contributed by atoms with E-state index < -0.39 is 5.54 Å². The summed E-state index contributed by atoms with van der Waals surface area (Å²) in [5.41, 5.74) is 0.124. The molecule has 1 saturated heterocycles. The first-order valence-electron chi connectivity index (χ1n) is 6.89. The van der Waals surface area contributed by atoms with E-state index in [0.717, 1.165) is 5.56 Å². The van der Waals surface area contributed by atoms with Crippen molar-refractivity contribution in [2.24, 2.45) is 0 Å². The lowest BCUT2D eigenvalue weighted by atomic mass is 9.88. The maximum atomic E-state index is 12.6. The third kappa shape index (κ3) is 2.61. The quantitative estimate of drug-likeness (QED) is 0.873. The number of phenols is 1. The van der Waals surface area contributed by atoms with Crippen molar-refractivity contribution in [2.45, 2.75) is 38.8 Å². The summed E-state index contributed by atoms with van der Waals surface area (Å²) in [6.07, 6.45) is 1.17. The minimum absolute atomic E-state index is 0.0322. The summed E-state index contributed by atoms with van der Waals surface area (Å²) in [7, 11) is 0. The van der Waals surface area contributed by atoms with Gasteiger partial charge in [0.2, 0.25) is 11.8 Å². The Bertz CT molecular complexity index is 506. The van der Waals surface area contributed by atoms with Crippen LogP contribution in [0.25, 0.3) is 0 Å². The normalized spacial score (nSPS) is 18.0. The third-order valence-electron chi connectivity index (χ3n) is 3.93. The second-order valence-corrected chi connectivity index (χ2v) is 5.17. The Kier molecular flexibility index (Phi) is 3.97. The van der Waals surface area contributed by atoms with Crippen molar-refractivity contribution in [3.63, 3.8) is 0 Å². The fraction of sp³-hybridized carbons (Fsp3) is 0.467. The second kappa shape index (κ2) is 5.53. The smallest absolute Gasteiger partial charge is 0.249 e. The average molecular weight is 276 g/mol. The summed E-state index contributed by atoms with van der Waals surface area (Å²) in [4.78, 5) is 26.0. The number of aromatic hydroxyl groups is 1. The number of rotatable bonds is 4. The fourth-order valence-corrected chi connectivity index (χ4v) is 2.59. The zero-order chi connectivity index (χ0) is 14.8. The lowest BCUT2D eigenvalue weighted by molar-refractivity contribution is -0.151. The molecular weight excluding hydrogens is 256 g/mol. The average Bonchev–Trinajstić information content (AvgIpc) is 2.45. The number of benzene rings is 1. The van der Waals surface area contributed by atoms with E-state index in [9.17, 15) is 14.7 Å². The molecule has 1 aliphatic heterocycles. The highest BCUT2D eigenvalue weighted by Crippen LogP contribution is 2.23. The molecule has 1 aromatic carbocycles. The summed E-state index contributed by atoms with van der Waals surface area (Å²) in [5, 5.41) is 12.1. The highest BCUT2D eigenvalue weighted by Gasteiger charge is 2.43. The monoisotopic (exact) mass is 276 g/mol. The number of carbonyl (C=O) groups excluding carboxylic acids is 2. The van der Waals surface area contributed by atoms with Gasteiger partial charge in [0, 0.05) is 6.54 Å². The van der Waals surface area contributed by atoms with Crippen LogP contribution in [0.2, 0.25) is 0 Å². The van der Waals surface area contributed by atoms with Gasteiger partial charge in [0.05, 0.1) is 6.54 Å². The molecule has 1 heterocycles. The summed E-state index contributed by atoms with van der Waals surface area (Å²) in [6.45, 7) is 4.28. The Morgan fingerprint density at radius 2 is 1.80 bits per heavy atom. The van der Waals surface area contributed by atoms with Crippen LogP contribution in [0.15, 0.2) is 24.3 Å². The van der Waals surface area contributed by atoms with Crippen molar-refractivity contribution in [3.8, 4) is 5.75 Å². The molecule has 0 saturated carbocycles. The minimum Gasteiger partial charge on any atom is -0.508 e. The third-order valence-corrected chi connectivity index (χ3v) is 3.93. The van der Waals surface area contributed by atoms with Gasteiger partial charge in [-0.05, 0) is 30.5 Å². The molecule has 1 fully saturated rings. The summed E-state index contributed by atoms with van der Waals surface area (Å²) in [5.74, 6) is 0.0372. The van der Waals surface area contributed by atoms with Crippen molar-refractivity contribution >= 4 is 11.8 Å². The molecule has 2 N–H and O–H groups in total. The van der Waals surface area contributed by atoms with E-state index in [-0.39, 0.29) is 24.1 Å². The second-order valence-electron chi connectivity index (χ2n) is 5.17. The van der Waals surface area contributed by atoms with Crippen LogP contribution in [0.3, 0.4) is 0 Å². The first-order valence-corrected chi connectivity index (χ1v) is 6.89. The zero-order valence-corrected chi connectivity index (χ0v) is 11.8. The zero-order valence-electron chi connectivity index (χ0n) is 11.8. The van der Waals surface area contributed by atoms with Gasteiger partial charge in [0.15, 0.2) is 0 Å². The molecule has 108 valence electrons. The van der Waals surface area contributed by atoms with Crippen LogP contribution >= 0.6 is 0 Å². The Morgan fingerprint density at radius 3 is 2.35 bits per heavy atom. The Balaban J connectivity index is 2.20. The van der Waals surface area contributed by atoms with Crippen molar-refractivity contribution < 1.29 is 14.7 Å². The Labute approximate surface area is 118 Å². The molecule has 0 bridgehead atoms. The number of nitrogens with one attached hydrogen (secondary N) is 1. The molecule has 5 heteroatoms.